The van der Waals surface area contributed by atoms with Crippen LogP contribution in [0.3, 0.4) is 0 Å². The van der Waals surface area contributed by atoms with Gasteiger partial charge in [0.25, 0.3) is 11.5 Å². The minimum absolute atomic E-state index is 0.0327. The van der Waals surface area contributed by atoms with Crippen molar-refractivity contribution in [1.29, 1.82) is 0 Å². The third kappa shape index (κ3) is 5.03. The maximum Gasteiger partial charge on any atom is 0.278 e. The number of hydrogen-bond donors (Lipinski definition) is 3. The number of methoxy groups -OCH3 is 1. The molecule has 5 rings (SSSR count). The summed E-state index contributed by atoms with van der Waals surface area (Å²) in [6, 6.07) is 8.92. The lowest BCUT2D eigenvalue weighted by Gasteiger charge is -2.28. The Labute approximate surface area is 213 Å². The molecule has 3 N–H and O–H groups in total. The van der Waals surface area contributed by atoms with Crippen LogP contribution in [0.4, 0.5) is 17.3 Å². The maximum atomic E-state index is 13.2. The molecule has 11 heteroatoms. The van der Waals surface area contributed by atoms with Gasteiger partial charge >= 0.3 is 0 Å². The van der Waals surface area contributed by atoms with E-state index in [0.29, 0.717) is 34.2 Å². The van der Waals surface area contributed by atoms with Crippen molar-refractivity contribution in [3.63, 3.8) is 0 Å². The molecular formula is C26H30N8O3. The molecule has 1 saturated carbocycles. The van der Waals surface area contributed by atoms with Gasteiger partial charge in [-0.25, -0.2) is 4.98 Å². The number of carbonyl (C=O) groups excluding carboxylic acids is 1. The number of carbonyl (C=O) groups is 1. The fourth-order valence-electron chi connectivity index (χ4n) is 4.65. The van der Waals surface area contributed by atoms with Crippen molar-refractivity contribution in [3.05, 3.63) is 70.5 Å². The maximum absolute atomic E-state index is 13.2. The number of anilines is 3. The molecule has 0 radical (unpaired) electrons. The van der Waals surface area contributed by atoms with Crippen LogP contribution in [0.5, 0.6) is 0 Å². The van der Waals surface area contributed by atoms with Crippen LogP contribution >= 0.6 is 0 Å². The third-order valence-electron chi connectivity index (χ3n) is 6.65. The van der Waals surface area contributed by atoms with Gasteiger partial charge in [-0.2, -0.15) is 9.61 Å². The van der Waals surface area contributed by atoms with Gasteiger partial charge in [-0.05, 0) is 56.9 Å². The zero-order valence-electron chi connectivity index (χ0n) is 21.1. The SMILES string of the molecule is CNc1cc(Nc2cccn(-c3ccc(C)nc3)c2=O)nc2c(C(=O)N[C@@H]3CCC[C@@H](OC)C3)cnn12. The lowest BCUT2D eigenvalue weighted by Crippen LogP contribution is -2.40. The second-order valence-corrected chi connectivity index (χ2v) is 9.14. The summed E-state index contributed by atoms with van der Waals surface area (Å²) in [5, 5.41) is 13.7. The topological polar surface area (TPSA) is 127 Å². The van der Waals surface area contributed by atoms with Crippen LogP contribution in [0.15, 0.2) is 53.7 Å². The van der Waals surface area contributed by atoms with Gasteiger partial charge in [0.05, 0.1) is 24.2 Å². The van der Waals surface area contributed by atoms with Crippen molar-refractivity contribution >= 4 is 28.9 Å². The highest BCUT2D eigenvalue weighted by molar-refractivity contribution is 6.00. The Morgan fingerprint density at radius 1 is 1.19 bits per heavy atom. The summed E-state index contributed by atoms with van der Waals surface area (Å²) in [6.07, 6.45) is 8.70. The summed E-state index contributed by atoms with van der Waals surface area (Å²) in [5.41, 5.74) is 2.34. The fourth-order valence-corrected chi connectivity index (χ4v) is 4.65. The van der Waals surface area contributed by atoms with Gasteiger partial charge in [0, 0.05) is 38.2 Å². The predicted molar refractivity (Wildman–Crippen MR) is 141 cm³/mol. The van der Waals surface area contributed by atoms with E-state index in [0.717, 1.165) is 31.4 Å². The van der Waals surface area contributed by atoms with Gasteiger partial charge in [0.15, 0.2) is 5.65 Å². The van der Waals surface area contributed by atoms with E-state index in [1.54, 1.807) is 49.3 Å². The molecule has 4 aromatic rings. The molecular weight excluding hydrogens is 472 g/mol. The Balaban J connectivity index is 1.45. The second kappa shape index (κ2) is 10.4. The van der Waals surface area contributed by atoms with E-state index >= 15 is 0 Å². The van der Waals surface area contributed by atoms with Crippen LogP contribution in [0, 0.1) is 6.92 Å². The van der Waals surface area contributed by atoms with Gasteiger partial charge in [-0.1, -0.05) is 0 Å². The summed E-state index contributed by atoms with van der Waals surface area (Å²) < 4.78 is 8.58. The molecule has 0 unspecified atom stereocenters. The predicted octanol–water partition coefficient (Wildman–Crippen LogP) is 3.06. The van der Waals surface area contributed by atoms with Crippen molar-refractivity contribution in [2.75, 3.05) is 24.8 Å². The number of aromatic nitrogens is 5. The molecule has 1 aliphatic carbocycles. The van der Waals surface area contributed by atoms with Crippen molar-refractivity contribution in [2.24, 2.45) is 0 Å². The lowest BCUT2D eigenvalue weighted by molar-refractivity contribution is 0.0563. The van der Waals surface area contributed by atoms with E-state index < -0.39 is 0 Å². The average molecular weight is 503 g/mol. The minimum Gasteiger partial charge on any atom is -0.381 e. The molecule has 192 valence electrons. The summed E-state index contributed by atoms with van der Waals surface area (Å²) in [5.74, 6) is 0.778. The third-order valence-corrected chi connectivity index (χ3v) is 6.65. The molecule has 0 spiro atoms. The van der Waals surface area contributed by atoms with E-state index in [1.807, 2.05) is 19.1 Å². The fraction of sp³-hybridized carbons (Fsp3) is 0.346. The van der Waals surface area contributed by atoms with E-state index in [9.17, 15) is 9.59 Å². The van der Waals surface area contributed by atoms with E-state index in [2.05, 4.69) is 31.0 Å². The smallest absolute Gasteiger partial charge is 0.278 e. The van der Waals surface area contributed by atoms with Crippen LogP contribution < -0.4 is 21.5 Å². The molecule has 1 fully saturated rings. The second-order valence-electron chi connectivity index (χ2n) is 9.14. The average Bonchev–Trinajstić information content (AvgIpc) is 3.34. The summed E-state index contributed by atoms with van der Waals surface area (Å²) in [4.78, 5) is 35.3. The summed E-state index contributed by atoms with van der Waals surface area (Å²) in [7, 11) is 3.46. The first-order valence-corrected chi connectivity index (χ1v) is 12.3. The quantitative estimate of drug-likeness (QED) is 0.352. The minimum atomic E-state index is -0.252. The number of nitrogens with zero attached hydrogens (tertiary/aromatic N) is 5. The van der Waals surface area contributed by atoms with Gasteiger partial charge in [0.1, 0.15) is 22.9 Å². The van der Waals surface area contributed by atoms with Crippen LogP contribution in [-0.2, 0) is 4.74 Å². The Kier molecular flexibility index (Phi) is 6.87. The van der Waals surface area contributed by atoms with Gasteiger partial charge in [-0.15, -0.1) is 0 Å². The van der Waals surface area contributed by atoms with Crippen LogP contribution in [-0.4, -0.2) is 56.4 Å². The zero-order chi connectivity index (χ0) is 25.9. The molecule has 11 nitrogen and oxygen atoms in total. The Bertz CT molecular complexity index is 1480. The number of fused-ring (bicyclic) bond motifs is 1. The zero-order valence-corrected chi connectivity index (χ0v) is 21.1. The summed E-state index contributed by atoms with van der Waals surface area (Å²) in [6.45, 7) is 1.89. The van der Waals surface area contributed by atoms with Crippen LogP contribution in [0.25, 0.3) is 11.3 Å². The number of rotatable bonds is 7. The normalized spacial score (nSPS) is 17.5. The summed E-state index contributed by atoms with van der Waals surface area (Å²) >= 11 is 0. The highest BCUT2D eigenvalue weighted by atomic mass is 16.5. The molecule has 0 aromatic carbocycles. The monoisotopic (exact) mass is 502 g/mol. The first kappa shape index (κ1) is 24.4. The van der Waals surface area contributed by atoms with Crippen molar-refractivity contribution < 1.29 is 9.53 Å². The molecule has 37 heavy (non-hydrogen) atoms. The standard InChI is InChI=1S/C26H30N8O3/c1-16-9-10-18(14-28-16)33-11-5-8-21(26(33)36)31-22-13-23(27-2)34-24(32-22)20(15-29-34)25(35)30-17-6-4-7-19(12-17)37-3/h5,8-11,13-15,17,19,27H,4,6-7,12H2,1-3H3,(H,30,35)(H,31,32)/t17-,19-/m1/s1. The number of amides is 1. The van der Waals surface area contributed by atoms with Crippen molar-refractivity contribution in [2.45, 2.75) is 44.8 Å². The van der Waals surface area contributed by atoms with Crippen molar-refractivity contribution in [1.82, 2.24) is 29.5 Å². The number of nitrogens with one attached hydrogen (secondary N) is 3. The molecule has 4 heterocycles. The van der Waals surface area contributed by atoms with Crippen molar-refractivity contribution in [3.8, 4) is 5.69 Å². The Morgan fingerprint density at radius 3 is 2.81 bits per heavy atom. The van der Waals surface area contributed by atoms with Crippen LogP contribution in [0.1, 0.15) is 41.7 Å². The van der Waals surface area contributed by atoms with E-state index in [4.69, 9.17) is 4.74 Å². The Hall–Kier alpha value is -4.25. The van der Waals surface area contributed by atoms with Crippen LogP contribution in [0.2, 0.25) is 0 Å². The number of hydrogen-bond acceptors (Lipinski definition) is 8. The molecule has 0 aliphatic heterocycles. The molecule has 0 bridgehead atoms. The molecule has 2 atom stereocenters. The molecule has 1 aliphatic rings. The molecule has 4 aromatic heterocycles. The van der Waals surface area contributed by atoms with Gasteiger partial charge < -0.3 is 20.7 Å². The first-order chi connectivity index (χ1) is 18.0. The number of aryl methyl sites for hydroxylation is 1. The van der Waals surface area contributed by atoms with E-state index in [-0.39, 0.29) is 23.6 Å². The van der Waals surface area contributed by atoms with Gasteiger partial charge in [-0.3, -0.25) is 19.1 Å². The molecule has 0 saturated heterocycles. The molecule has 1 amide bonds. The van der Waals surface area contributed by atoms with Gasteiger partial charge in [0.2, 0.25) is 0 Å². The largest absolute Gasteiger partial charge is 0.381 e. The number of ether oxygens (including phenoxy) is 1. The Morgan fingerprint density at radius 2 is 2.05 bits per heavy atom. The highest BCUT2D eigenvalue weighted by Gasteiger charge is 2.25. The first-order valence-electron chi connectivity index (χ1n) is 12.3. The lowest BCUT2D eigenvalue weighted by atomic mass is 9.92. The highest BCUT2D eigenvalue weighted by Crippen LogP contribution is 2.23. The number of pyridine rings is 2. The van der Waals surface area contributed by atoms with E-state index in [1.165, 1.54) is 10.8 Å².